The summed E-state index contributed by atoms with van der Waals surface area (Å²) in [6.07, 6.45) is 1.09. The SMILES string of the molecule is CCSc1ccc(OC(=O)NC(C)(C)C)cn1. The second-order valence-electron chi connectivity index (χ2n) is 4.53. The maximum Gasteiger partial charge on any atom is 0.413 e. The van der Waals surface area contributed by atoms with Crippen LogP contribution in [-0.2, 0) is 0 Å². The Kier molecular flexibility index (Phi) is 4.81. The molecule has 0 radical (unpaired) electrons. The molecule has 1 heterocycles. The standard InChI is InChI=1S/C12H18N2O2S/c1-5-17-10-7-6-9(8-13-10)16-11(15)14-12(2,3)4/h6-8H,5H2,1-4H3,(H,14,15). The topological polar surface area (TPSA) is 51.2 Å². The van der Waals surface area contributed by atoms with Crippen molar-refractivity contribution in [1.82, 2.24) is 10.3 Å². The van der Waals surface area contributed by atoms with E-state index in [1.54, 1.807) is 24.0 Å². The second kappa shape index (κ2) is 5.91. The lowest BCUT2D eigenvalue weighted by atomic mass is 10.1. The molecule has 0 aromatic carbocycles. The highest BCUT2D eigenvalue weighted by atomic mass is 32.2. The number of carbonyl (C=O) groups is 1. The molecule has 0 atom stereocenters. The first-order valence-electron chi connectivity index (χ1n) is 5.49. The summed E-state index contributed by atoms with van der Waals surface area (Å²) in [6.45, 7) is 7.75. The van der Waals surface area contributed by atoms with Crippen LogP contribution < -0.4 is 10.1 Å². The maximum absolute atomic E-state index is 11.5. The average Bonchev–Trinajstić information content (AvgIpc) is 2.18. The number of rotatable bonds is 3. The van der Waals surface area contributed by atoms with Crippen LogP contribution in [-0.4, -0.2) is 22.4 Å². The molecule has 0 aliphatic rings. The van der Waals surface area contributed by atoms with Gasteiger partial charge in [0.25, 0.3) is 0 Å². The van der Waals surface area contributed by atoms with Crippen LogP contribution in [0.4, 0.5) is 4.79 Å². The number of nitrogens with zero attached hydrogens (tertiary/aromatic N) is 1. The first-order valence-corrected chi connectivity index (χ1v) is 6.48. The Morgan fingerprint density at radius 2 is 2.18 bits per heavy atom. The first-order chi connectivity index (χ1) is 7.90. The minimum atomic E-state index is -0.463. The van der Waals surface area contributed by atoms with Crippen LogP contribution in [0.15, 0.2) is 23.4 Å². The van der Waals surface area contributed by atoms with Crippen LogP contribution in [0, 0.1) is 0 Å². The van der Waals surface area contributed by atoms with Gasteiger partial charge in [-0.1, -0.05) is 6.92 Å². The molecule has 0 fully saturated rings. The molecule has 0 bridgehead atoms. The van der Waals surface area contributed by atoms with Crippen molar-refractivity contribution >= 4 is 17.9 Å². The van der Waals surface area contributed by atoms with E-state index in [9.17, 15) is 4.79 Å². The minimum absolute atomic E-state index is 0.303. The Morgan fingerprint density at radius 3 is 2.65 bits per heavy atom. The molecule has 1 aromatic heterocycles. The van der Waals surface area contributed by atoms with Gasteiger partial charge in [0, 0.05) is 5.54 Å². The van der Waals surface area contributed by atoms with Gasteiger partial charge in [-0.05, 0) is 38.7 Å². The maximum atomic E-state index is 11.5. The molecule has 4 nitrogen and oxygen atoms in total. The molecule has 0 unspecified atom stereocenters. The molecule has 0 aliphatic carbocycles. The molecule has 0 spiro atoms. The number of pyridine rings is 1. The Morgan fingerprint density at radius 1 is 1.47 bits per heavy atom. The normalized spacial score (nSPS) is 11.1. The van der Waals surface area contributed by atoms with Gasteiger partial charge < -0.3 is 10.1 Å². The highest BCUT2D eigenvalue weighted by Crippen LogP contribution is 2.17. The van der Waals surface area contributed by atoms with Crippen molar-refractivity contribution in [2.75, 3.05) is 5.75 Å². The Balaban J connectivity index is 2.54. The number of hydrogen-bond acceptors (Lipinski definition) is 4. The van der Waals surface area contributed by atoms with E-state index in [0.29, 0.717) is 5.75 Å². The van der Waals surface area contributed by atoms with Gasteiger partial charge in [0.05, 0.1) is 11.2 Å². The van der Waals surface area contributed by atoms with Gasteiger partial charge in [0.2, 0.25) is 0 Å². The van der Waals surface area contributed by atoms with E-state index in [4.69, 9.17) is 4.74 Å². The molecule has 0 saturated heterocycles. The van der Waals surface area contributed by atoms with Gasteiger partial charge in [-0.25, -0.2) is 9.78 Å². The van der Waals surface area contributed by atoms with Gasteiger partial charge in [-0.3, -0.25) is 0 Å². The Hall–Kier alpha value is -1.23. The van der Waals surface area contributed by atoms with Crippen LogP contribution in [0.2, 0.25) is 0 Å². The second-order valence-corrected chi connectivity index (χ2v) is 5.81. The van der Waals surface area contributed by atoms with Crippen molar-refractivity contribution in [3.63, 3.8) is 0 Å². The summed E-state index contributed by atoms with van der Waals surface area (Å²) in [5.74, 6) is 1.42. The zero-order valence-corrected chi connectivity index (χ0v) is 11.4. The average molecular weight is 254 g/mol. The summed E-state index contributed by atoms with van der Waals surface area (Å²) in [6, 6.07) is 3.58. The molecule has 94 valence electrons. The van der Waals surface area contributed by atoms with Crippen LogP contribution in [0.3, 0.4) is 0 Å². The number of hydrogen-bond donors (Lipinski definition) is 1. The predicted octanol–water partition coefficient (Wildman–Crippen LogP) is 3.08. The van der Waals surface area contributed by atoms with Gasteiger partial charge in [0.15, 0.2) is 5.75 Å². The van der Waals surface area contributed by atoms with Crippen molar-refractivity contribution in [3.05, 3.63) is 18.3 Å². The third-order valence-corrected chi connectivity index (χ3v) is 2.51. The van der Waals surface area contributed by atoms with Crippen molar-refractivity contribution in [1.29, 1.82) is 0 Å². The number of ether oxygens (including phenoxy) is 1. The number of amides is 1. The van der Waals surface area contributed by atoms with E-state index in [2.05, 4.69) is 17.2 Å². The van der Waals surface area contributed by atoms with Crippen molar-refractivity contribution in [3.8, 4) is 5.75 Å². The van der Waals surface area contributed by atoms with Gasteiger partial charge >= 0.3 is 6.09 Å². The van der Waals surface area contributed by atoms with Crippen molar-refractivity contribution < 1.29 is 9.53 Å². The fourth-order valence-corrected chi connectivity index (χ4v) is 1.69. The van der Waals surface area contributed by atoms with E-state index < -0.39 is 6.09 Å². The number of thioether (sulfide) groups is 1. The van der Waals surface area contributed by atoms with Crippen LogP contribution in [0.5, 0.6) is 5.75 Å². The minimum Gasteiger partial charge on any atom is -0.409 e. The molecular weight excluding hydrogens is 236 g/mol. The molecule has 1 amide bonds. The summed E-state index contributed by atoms with van der Waals surface area (Å²) in [5.41, 5.74) is -0.303. The summed E-state index contributed by atoms with van der Waals surface area (Å²) < 4.78 is 5.10. The third kappa shape index (κ3) is 5.58. The van der Waals surface area contributed by atoms with Gasteiger partial charge in [-0.2, -0.15) is 0 Å². The number of aromatic nitrogens is 1. The van der Waals surface area contributed by atoms with E-state index in [1.165, 1.54) is 0 Å². The van der Waals surface area contributed by atoms with Crippen molar-refractivity contribution in [2.24, 2.45) is 0 Å². The molecule has 1 rings (SSSR count). The lowest BCUT2D eigenvalue weighted by Crippen LogP contribution is -2.42. The van der Waals surface area contributed by atoms with Gasteiger partial charge in [-0.15, -0.1) is 11.8 Å². The Bertz CT molecular complexity index is 371. The lowest BCUT2D eigenvalue weighted by molar-refractivity contribution is 0.190. The zero-order chi connectivity index (χ0) is 12.9. The molecule has 1 N–H and O–H groups in total. The van der Waals surface area contributed by atoms with E-state index in [-0.39, 0.29) is 5.54 Å². The zero-order valence-electron chi connectivity index (χ0n) is 10.6. The van der Waals surface area contributed by atoms with Crippen LogP contribution in [0.1, 0.15) is 27.7 Å². The largest absolute Gasteiger partial charge is 0.413 e. The Labute approximate surface area is 106 Å². The van der Waals surface area contributed by atoms with E-state index >= 15 is 0 Å². The molecule has 17 heavy (non-hydrogen) atoms. The van der Waals surface area contributed by atoms with Crippen molar-refractivity contribution in [2.45, 2.75) is 38.3 Å². The lowest BCUT2D eigenvalue weighted by Gasteiger charge is -2.19. The van der Waals surface area contributed by atoms with Crippen LogP contribution >= 0.6 is 11.8 Å². The smallest absolute Gasteiger partial charge is 0.409 e. The molecule has 0 saturated carbocycles. The molecule has 1 aromatic rings. The number of carbonyl (C=O) groups excluding carboxylic acids is 1. The quantitative estimate of drug-likeness (QED) is 0.842. The fourth-order valence-electron chi connectivity index (χ4n) is 1.10. The van der Waals surface area contributed by atoms with Crippen LogP contribution in [0.25, 0.3) is 0 Å². The van der Waals surface area contributed by atoms with Gasteiger partial charge in [0.1, 0.15) is 0 Å². The van der Waals surface area contributed by atoms with E-state index in [0.717, 1.165) is 10.8 Å². The highest BCUT2D eigenvalue weighted by molar-refractivity contribution is 7.99. The first kappa shape index (κ1) is 13.8. The number of nitrogens with one attached hydrogen (secondary N) is 1. The summed E-state index contributed by atoms with van der Waals surface area (Å²) in [7, 11) is 0. The summed E-state index contributed by atoms with van der Waals surface area (Å²) in [5, 5.41) is 3.64. The predicted molar refractivity (Wildman–Crippen MR) is 69.5 cm³/mol. The fraction of sp³-hybridized carbons (Fsp3) is 0.500. The molecule has 5 heteroatoms. The monoisotopic (exact) mass is 254 g/mol. The summed E-state index contributed by atoms with van der Waals surface area (Å²) >= 11 is 1.65. The molecule has 0 aliphatic heterocycles. The third-order valence-electron chi connectivity index (χ3n) is 1.69. The highest BCUT2D eigenvalue weighted by Gasteiger charge is 2.15. The van der Waals surface area contributed by atoms with E-state index in [1.807, 2.05) is 26.8 Å². The molecular formula is C12H18N2O2S. The summed E-state index contributed by atoms with van der Waals surface area (Å²) in [4.78, 5) is 15.6.